The summed E-state index contributed by atoms with van der Waals surface area (Å²) >= 11 is 0. The molecule has 2 aliphatic heterocycles. The number of carbonyl (C=O) groups is 2. The normalized spacial score (nSPS) is 19.9. The van der Waals surface area contributed by atoms with Crippen LogP contribution in [-0.2, 0) is 16.0 Å². The Balaban J connectivity index is 0.000000420. The molecule has 35 heavy (non-hydrogen) atoms. The third-order valence-corrected chi connectivity index (χ3v) is 6.22. The van der Waals surface area contributed by atoms with Gasteiger partial charge in [0, 0.05) is 56.2 Å². The molecule has 190 valence electrons. The summed E-state index contributed by atoms with van der Waals surface area (Å²) in [6, 6.07) is 16.0. The lowest BCUT2D eigenvalue weighted by Gasteiger charge is -2.41. The molecule has 2 atom stereocenters. The van der Waals surface area contributed by atoms with Gasteiger partial charge in [-0.25, -0.2) is 4.79 Å². The van der Waals surface area contributed by atoms with E-state index in [0.717, 1.165) is 43.1 Å². The SMILES string of the molecule is CC(=O)N1C[C@H](C)Cc2cc(N3CCN(C(=O)OC(C)(C)C)C(C)C3)ccc21.Nc1ccccc1. The second kappa shape index (κ2) is 11.0. The predicted molar refractivity (Wildman–Crippen MR) is 143 cm³/mol. The molecule has 1 fully saturated rings. The van der Waals surface area contributed by atoms with Crippen molar-refractivity contribution in [3.63, 3.8) is 0 Å². The number of nitrogens with zero attached hydrogens (tertiary/aromatic N) is 3. The van der Waals surface area contributed by atoms with Crippen LogP contribution in [0, 0.1) is 5.92 Å². The second-order valence-corrected chi connectivity index (χ2v) is 10.6. The van der Waals surface area contributed by atoms with E-state index in [-0.39, 0.29) is 18.0 Å². The fourth-order valence-electron chi connectivity index (χ4n) is 4.58. The van der Waals surface area contributed by atoms with E-state index in [1.54, 1.807) is 6.92 Å². The van der Waals surface area contributed by atoms with E-state index in [2.05, 4.69) is 36.9 Å². The van der Waals surface area contributed by atoms with Gasteiger partial charge in [-0.05, 0) is 75.9 Å². The first-order chi connectivity index (χ1) is 16.4. The monoisotopic (exact) mass is 480 g/mol. The first kappa shape index (κ1) is 26.4. The van der Waals surface area contributed by atoms with Crippen LogP contribution < -0.4 is 15.5 Å². The van der Waals surface area contributed by atoms with Crippen molar-refractivity contribution in [3.8, 4) is 0 Å². The van der Waals surface area contributed by atoms with Crippen LogP contribution in [0.4, 0.5) is 21.9 Å². The molecular weight excluding hydrogens is 440 g/mol. The van der Waals surface area contributed by atoms with Crippen LogP contribution >= 0.6 is 0 Å². The maximum absolute atomic E-state index is 12.4. The maximum atomic E-state index is 12.4. The van der Waals surface area contributed by atoms with Gasteiger partial charge in [-0.2, -0.15) is 0 Å². The Bertz CT molecular complexity index is 1020. The molecule has 1 unspecified atom stereocenters. The quantitative estimate of drug-likeness (QED) is 0.585. The number of ether oxygens (including phenoxy) is 1. The van der Waals surface area contributed by atoms with Crippen molar-refractivity contribution in [2.75, 3.05) is 41.7 Å². The number of fused-ring (bicyclic) bond motifs is 1. The van der Waals surface area contributed by atoms with Crippen LogP contribution in [0.5, 0.6) is 0 Å². The summed E-state index contributed by atoms with van der Waals surface area (Å²) in [5, 5.41) is 0. The Labute approximate surface area is 209 Å². The van der Waals surface area contributed by atoms with Gasteiger partial charge in [-0.15, -0.1) is 0 Å². The largest absolute Gasteiger partial charge is 0.444 e. The number of nitrogens with two attached hydrogens (primary N) is 1. The first-order valence-electron chi connectivity index (χ1n) is 12.4. The third-order valence-electron chi connectivity index (χ3n) is 6.22. The Morgan fingerprint density at radius 1 is 1.00 bits per heavy atom. The highest BCUT2D eigenvalue weighted by atomic mass is 16.6. The van der Waals surface area contributed by atoms with Gasteiger partial charge in [0.2, 0.25) is 5.91 Å². The molecule has 0 aliphatic carbocycles. The summed E-state index contributed by atoms with van der Waals surface area (Å²) in [6.07, 6.45) is 0.747. The summed E-state index contributed by atoms with van der Waals surface area (Å²) < 4.78 is 5.54. The Morgan fingerprint density at radius 3 is 2.23 bits per heavy atom. The van der Waals surface area contributed by atoms with Crippen LogP contribution in [0.2, 0.25) is 0 Å². The predicted octanol–water partition coefficient (Wildman–Crippen LogP) is 4.95. The van der Waals surface area contributed by atoms with E-state index in [9.17, 15) is 9.59 Å². The van der Waals surface area contributed by atoms with Crippen molar-refractivity contribution in [1.29, 1.82) is 0 Å². The molecule has 2 aliphatic rings. The van der Waals surface area contributed by atoms with Gasteiger partial charge in [0.15, 0.2) is 0 Å². The number of anilines is 3. The smallest absolute Gasteiger partial charge is 0.410 e. The van der Waals surface area contributed by atoms with Crippen molar-refractivity contribution in [2.24, 2.45) is 5.92 Å². The summed E-state index contributed by atoms with van der Waals surface area (Å²) in [5.41, 5.74) is 9.13. The van der Waals surface area contributed by atoms with Gasteiger partial charge in [0.25, 0.3) is 0 Å². The summed E-state index contributed by atoms with van der Waals surface area (Å²) in [6.45, 7) is 14.5. The average molecular weight is 481 g/mol. The number of amides is 2. The number of hydrogen-bond acceptors (Lipinski definition) is 5. The van der Waals surface area contributed by atoms with Crippen molar-refractivity contribution in [2.45, 2.75) is 59.6 Å². The lowest BCUT2D eigenvalue weighted by Crippen LogP contribution is -2.55. The molecule has 2 aromatic rings. The number of nitrogen functional groups attached to an aromatic ring is 1. The average Bonchev–Trinajstić information content (AvgIpc) is 2.77. The van der Waals surface area contributed by atoms with Crippen molar-refractivity contribution in [1.82, 2.24) is 4.90 Å². The fourth-order valence-corrected chi connectivity index (χ4v) is 4.58. The van der Waals surface area contributed by atoms with Crippen LogP contribution in [0.1, 0.15) is 47.1 Å². The van der Waals surface area contributed by atoms with Gasteiger partial charge in [0.05, 0.1) is 0 Å². The number of piperazine rings is 1. The Morgan fingerprint density at radius 2 is 1.69 bits per heavy atom. The van der Waals surface area contributed by atoms with Crippen molar-refractivity contribution >= 4 is 29.1 Å². The molecule has 0 saturated carbocycles. The van der Waals surface area contributed by atoms with Crippen molar-refractivity contribution in [3.05, 3.63) is 54.1 Å². The number of rotatable bonds is 1. The van der Waals surface area contributed by atoms with Crippen LogP contribution in [-0.4, -0.2) is 54.7 Å². The molecule has 0 spiro atoms. The van der Waals surface area contributed by atoms with Crippen molar-refractivity contribution < 1.29 is 14.3 Å². The van der Waals surface area contributed by atoms with Gasteiger partial charge in [-0.3, -0.25) is 4.79 Å². The third kappa shape index (κ3) is 7.13. The zero-order chi connectivity index (χ0) is 25.8. The highest BCUT2D eigenvalue weighted by molar-refractivity contribution is 5.93. The first-order valence-corrected chi connectivity index (χ1v) is 12.4. The number of hydrogen-bond donors (Lipinski definition) is 1. The standard InChI is InChI=1S/C22H33N3O3.C6H7N/c1-15-11-18-12-19(7-8-20(18)25(13-15)17(3)26)23-9-10-24(16(2)14-23)21(27)28-22(4,5)6;7-6-4-2-1-3-5-6/h7-8,12,15-16H,9-11,13-14H2,1-6H3;1-5H,7H2/t15-,16?;/m1./s1. The van der Waals surface area contributed by atoms with Crippen LogP contribution in [0.15, 0.2) is 48.5 Å². The minimum Gasteiger partial charge on any atom is -0.444 e. The minimum atomic E-state index is -0.480. The van der Waals surface area contributed by atoms with E-state index in [1.165, 1.54) is 5.56 Å². The van der Waals surface area contributed by atoms with Crippen LogP contribution in [0.3, 0.4) is 0 Å². The van der Waals surface area contributed by atoms with Gasteiger partial charge in [-0.1, -0.05) is 25.1 Å². The summed E-state index contributed by atoms with van der Waals surface area (Å²) in [5.74, 6) is 0.551. The van der Waals surface area contributed by atoms with Gasteiger partial charge in [0.1, 0.15) is 5.60 Å². The molecule has 7 nitrogen and oxygen atoms in total. The molecule has 4 rings (SSSR count). The second-order valence-electron chi connectivity index (χ2n) is 10.6. The molecule has 0 aromatic heterocycles. The highest BCUT2D eigenvalue weighted by Gasteiger charge is 2.32. The Kier molecular flexibility index (Phi) is 8.30. The fraction of sp³-hybridized carbons (Fsp3) is 0.500. The lowest BCUT2D eigenvalue weighted by atomic mass is 9.93. The van der Waals surface area contributed by atoms with E-state index in [0.29, 0.717) is 12.5 Å². The number of carbonyl (C=O) groups excluding carboxylic acids is 2. The molecule has 1 saturated heterocycles. The molecular formula is C28H40N4O3. The van der Waals surface area contributed by atoms with Gasteiger partial charge >= 0.3 is 6.09 Å². The van der Waals surface area contributed by atoms with Gasteiger partial charge < -0.3 is 25.2 Å². The van der Waals surface area contributed by atoms with E-state index in [1.807, 2.05) is 60.9 Å². The maximum Gasteiger partial charge on any atom is 0.410 e. The lowest BCUT2D eigenvalue weighted by molar-refractivity contribution is -0.116. The minimum absolute atomic E-state index is 0.0762. The van der Waals surface area contributed by atoms with Crippen LogP contribution in [0.25, 0.3) is 0 Å². The molecule has 2 aromatic carbocycles. The number of para-hydroxylation sites is 1. The van der Waals surface area contributed by atoms with E-state index < -0.39 is 5.60 Å². The molecule has 0 radical (unpaired) electrons. The topological polar surface area (TPSA) is 79.1 Å². The van der Waals surface area contributed by atoms with E-state index >= 15 is 0 Å². The highest BCUT2D eigenvalue weighted by Crippen LogP contribution is 2.33. The van der Waals surface area contributed by atoms with E-state index in [4.69, 9.17) is 10.5 Å². The molecule has 2 heterocycles. The molecule has 2 amide bonds. The zero-order valence-electron chi connectivity index (χ0n) is 22.0. The molecule has 7 heteroatoms. The zero-order valence-corrected chi connectivity index (χ0v) is 22.0. The molecule has 0 bridgehead atoms. The summed E-state index contributed by atoms with van der Waals surface area (Å²) in [7, 11) is 0. The summed E-state index contributed by atoms with van der Waals surface area (Å²) in [4.78, 5) is 30.5. The Hall–Kier alpha value is -3.22. The molecule has 2 N–H and O–H groups in total. The number of benzene rings is 2.